The highest BCUT2D eigenvalue weighted by molar-refractivity contribution is 6.01. The predicted molar refractivity (Wildman–Crippen MR) is 51.4 cm³/mol. The molecule has 15 heavy (non-hydrogen) atoms. The molecule has 0 saturated carbocycles. The second kappa shape index (κ2) is 3.94. The van der Waals surface area contributed by atoms with Crippen LogP contribution in [0.3, 0.4) is 0 Å². The third-order valence-electron chi connectivity index (χ3n) is 2.25. The Morgan fingerprint density at radius 3 is 2.60 bits per heavy atom. The molecule has 1 atom stereocenters. The molecule has 80 valence electrons. The Morgan fingerprint density at radius 2 is 2.07 bits per heavy atom. The molecule has 1 aliphatic rings. The molecule has 1 aliphatic heterocycles. The van der Waals surface area contributed by atoms with E-state index in [0.29, 0.717) is 6.42 Å². The first kappa shape index (κ1) is 10.0. The van der Waals surface area contributed by atoms with Crippen molar-refractivity contribution in [1.29, 1.82) is 0 Å². The average molecular weight is 212 g/mol. The minimum atomic E-state index is -0.630. The van der Waals surface area contributed by atoms with Crippen LogP contribution in [0.15, 0.2) is 23.4 Å². The van der Waals surface area contributed by atoms with Gasteiger partial charge in [-0.25, -0.2) is 8.78 Å². The number of hydrogen-bond acceptors (Lipinski definition) is 3. The molecular formula is C10H10F2N2O. The van der Waals surface area contributed by atoms with E-state index in [1.54, 1.807) is 0 Å². The van der Waals surface area contributed by atoms with Crippen molar-refractivity contribution in [2.24, 2.45) is 10.9 Å². The van der Waals surface area contributed by atoms with Crippen molar-refractivity contribution in [1.82, 2.24) is 0 Å². The van der Waals surface area contributed by atoms with Gasteiger partial charge in [-0.3, -0.25) is 0 Å². The third kappa shape index (κ3) is 1.83. The molecule has 3 nitrogen and oxygen atoms in total. The lowest BCUT2D eigenvalue weighted by atomic mass is 10.0. The summed E-state index contributed by atoms with van der Waals surface area (Å²) in [4.78, 5) is 4.91. The molecular weight excluding hydrogens is 202 g/mol. The van der Waals surface area contributed by atoms with E-state index in [1.807, 2.05) is 0 Å². The van der Waals surface area contributed by atoms with Gasteiger partial charge in [-0.05, 0) is 12.1 Å². The SMILES string of the molecule is NCC1CC(c2c(F)cccc2F)=NO1. The van der Waals surface area contributed by atoms with E-state index in [0.717, 1.165) is 0 Å². The number of nitrogens with two attached hydrogens (primary N) is 1. The molecule has 0 aromatic heterocycles. The van der Waals surface area contributed by atoms with Crippen LogP contribution in [0, 0.1) is 11.6 Å². The van der Waals surface area contributed by atoms with Crippen LogP contribution in [0.5, 0.6) is 0 Å². The first-order valence-corrected chi connectivity index (χ1v) is 4.59. The van der Waals surface area contributed by atoms with E-state index in [2.05, 4.69) is 5.16 Å². The maximum atomic E-state index is 13.3. The van der Waals surface area contributed by atoms with Gasteiger partial charge < -0.3 is 10.6 Å². The van der Waals surface area contributed by atoms with Gasteiger partial charge in [-0.15, -0.1) is 0 Å². The lowest BCUT2D eigenvalue weighted by Crippen LogP contribution is -2.20. The standard InChI is InChI=1S/C10H10F2N2O/c11-7-2-1-3-8(12)10(7)9-4-6(5-13)15-14-9/h1-3,6H,4-5,13H2. The van der Waals surface area contributed by atoms with Gasteiger partial charge in [0.25, 0.3) is 0 Å². The summed E-state index contributed by atoms with van der Waals surface area (Å²) in [5, 5.41) is 3.64. The number of rotatable bonds is 2. The van der Waals surface area contributed by atoms with Gasteiger partial charge in [0.2, 0.25) is 0 Å². The summed E-state index contributed by atoms with van der Waals surface area (Å²) in [6.45, 7) is 0.281. The summed E-state index contributed by atoms with van der Waals surface area (Å²) in [7, 11) is 0. The zero-order chi connectivity index (χ0) is 10.8. The highest BCUT2D eigenvalue weighted by atomic mass is 19.1. The first-order valence-electron chi connectivity index (χ1n) is 4.59. The zero-order valence-electron chi connectivity index (χ0n) is 7.91. The van der Waals surface area contributed by atoms with E-state index in [1.165, 1.54) is 18.2 Å². The fourth-order valence-corrected chi connectivity index (χ4v) is 1.48. The Bertz CT molecular complexity index is 386. The summed E-state index contributed by atoms with van der Waals surface area (Å²) in [6, 6.07) is 3.69. The van der Waals surface area contributed by atoms with Crippen LogP contribution in [0.25, 0.3) is 0 Å². The molecule has 0 saturated heterocycles. The van der Waals surface area contributed by atoms with Crippen LogP contribution in [0.4, 0.5) is 8.78 Å². The summed E-state index contributed by atoms with van der Waals surface area (Å²) in [5.74, 6) is -1.26. The third-order valence-corrected chi connectivity index (χ3v) is 2.25. The summed E-state index contributed by atoms with van der Waals surface area (Å²) in [6.07, 6.45) is 0.0629. The van der Waals surface area contributed by atoms with Crippen LogP contribution in [0.1, 0.15) is 12.0 Å². The highest BCUT2D eigenvalue weighted by Crippen LogP contribution is 2.20. The van der Waals surface area contributed by atoms with Crippen molar-refractivity contribution in [2.45, 2.75) is 12.5 Å². The average Bonchev–Trinajstić information content (AvgIpc) is 2.66. The minimum Gasteiger partial charge on any atom is -0.390 e. The quantitative estimate of drug-likeness (QED) is 0.805. The van der Waals surface area contributed by atoms with Crippen LogP contribution in [0.2, 0.25) is 0 Å². The highest BCUT2D eigenvalue weighted by Gasteiger charge is 2.25. The molecule has 0 aliphatic carbocycles. The molecule has 2 N–H and O–H groups in total. The Morgan fingerprint density at radius 1 is 1.40 bits per heavy atom. The van der Waals surface area contributed by atoms with E-state index < -0.39 is 11.6 Å². The summed E-state index contributed by atoms with van der Waals surface area (Å²) >= 11 is 0. The molecule has 1 unspecified atom stereocenters. The van der Waals surface area contributed by atoms with Gasteiger partial charge in [-0.1, -0.05) is 11.2 Å². The van der Waals surface area contributed by atoms with Gasteiger partial charge in [0, 0.05) is 13.0 Å². The Balaban J connectivity index is 2.31. The maximum absolute atomic E-state index is 13.3. The second-order valence-corrected chi connectivity index (χ2v) is 3.30. The van der Waals surface area contributed by atoms with Crippen LogP contribution < -0.4 is 5.73 Å². The second-order valence-electron chi connectivity index (χ2n) is 3.30. The molecule has 1 heterocycles. The number of hydrogen-bond donors (Lipinski definition) is 1. The van der Waals surface area contributed by atoms with Crippen LogP contribution in [-0.2, 0) is 4.84 Å². The molecule has 0 bridgehead atoms. The van der Waals surface area contributed by atoms with Gasteiger partial charge in [-0.2, -0.15) is 0 Å². The smallest absolute Gasteiger partial charge is 0.145 e. The van der Waals surface area contributed by atoms with Gasteiger partial charge in [0.1, 0.15) is 17.7 Å². The minimum absolute atomic E-state index is 0.117. The molecule has 0 radical (unpaired) electrons. The van der Waals surface area contributed by atoms with Gasteiger partial charge in [0.15, 0.2) is 0 Å². The topological polar surface area (TPSA) is 47.6 Å². The Labute approximate surface area is 85.5 Å². The fraction of sp³-hybridized carbons (Fsp3) is 0.300. The van der Waals surface area contributed by atoms with Crippen LogP contribution in [-0.4, -0.2) is 18.4 Å². The molecule has 5 heteroatoms. The number of halogens is 2. The van der Waals surface area contributed by atoms with Gasteiger partial charge in [0.05, 0.1) is 11.3 Å². The van der Waals surface area contributed by atoms with Crippen molar-refractivity contribution >= 4 is 5.71 Å². The summed E-state index contributed by atoms with van der Waals surface area (Å²) < 4.78 is 26.7. The lowest BCUT2D eigenvalue weighted by molar-refractivity contribution is 0.0918. The first-order chi connectivity index (χ1) is 7.22. The van der Waals surface area contributed by atoms with E-state index in [-0.39, 0.29) is 23.9 Å². The normalized spacial score (nSPS) is 19.9. The van der Waals surface area contributed by atoms with E-state index in [4.69, 9.17) is 10.6 Å². The molecule has 1 aromatic rings. The fourth-order valence-electron chi connectivity index (χ4n) is 1.48. The predicted octanol–water partition coefficient (Wildman–Crippen LogP) is 1.42. The van der Waals surface area contributed by atoms with Crippen molar-refractivity contribution < 1.29 is 13.6 Å². The maximum Gasteiger partial charge on any atom is 0.145 e. The molecule has 0 spiro atoms. The molecule has 1 aromatic carbocycles. The van der Waals surface area contributed by atoms with Gasteiger partial charge >= 0.3 is 0 Å². The van der Waals surface area contributed by atoms with E-state index >= 15 is 0 Å². The van der Waals surface area contributed by atoms with Crippen molar-refractivity contribution in [2.75, 3.05) is 6.54 Å². The Kier molecular flexibility index (Phi) is 2.64. The Hall–Kier alpha value is -1.49. The number of benzene rings is 1. The number of nitrogens with zero attached hydrogens (tertiary/aromatic N) is 1. The largest absolute Gasteiger partial charge is 0.390 e. The van der Waals surface area contributed by atoms with E-state index in [9.17, 15) is 8.78 Å². The monoisotopic (exact) mass is 212 g/mol. The van der Waals surface area contributed by atoms with Crippen molar-refractivity contribution in [3.8, 4) is 0 Å². The number of oxime groups is 1. The lowest BCUT2D eigenvalue weighted by Gasteiger charge is -2.03. The molecule has 0 amide bonds. The molecule has 2 rings (SSSR count). The van der Waals surface area contributed by atoms with Crippen molar-refractivity contribution in [3.63, 3.8) is 0 Å². The molecule has 0 fully saturated rings. The van der Waals surface area contributed by atoms with Crippen LogP contribution >= 0.6 is 0 Å². The zero-order valence-corrected chi connectivity index (χ0v) is 7.91. The van der Waals surface area contributed by atoms with Crippen molar-refractivity contribution in [3.05, 3.63) is 35.4 Å². The summed E-state index contributed by atoms with van der Waals surface area (Å²) in [5.41, 5.74) is 5.53.